The van der Waals surface area contributed by atoms with Crippen LogP contribution in [0, 0.1) is 11.7 Å². The lowest BCUT2D eigenvalue weighted by Gasteiger charge is -1.95. The molecule has 80 valence electrons. The molecule has 2 aromatic heterocycles. The van der Waals surface area contributed by atoms with E-state index in [0.29, 0.717) is 4.77 Å². The molecule has 0 fully saturated rings. The maximum absolute atomic E-state index is 5.05. The fourth-order valence-electron chi connectivity index (χ4n) is 1.28. The predicted octanol–water partition coefficient (Wildman–Crippen LogP) is 1.95. The quantitative estimate of drug-likeness (QED) is 0.816. The molecule has 7 heteroatoms. The standard InChI is InChI=1S/C8H10BrN5S/c1-4-5(9)6(12-14(4)3)7-10-11-8(15)13(7)2/h1-3H3,(H,11,15). The summed E-state index contributed by atoms with van der Waals surface area (Å²) >= 11 is 8.55. The highest BCUT2D eigenvalue weighted by molar-refractivity contribution is 9.10. The van der Waals surface area contributed by atoms with Gasteiger partial charge in [0.1, 0.15) is 5.69 Å². The van der Waals surface area contributed by atoms with Crippen LogP contribution in [0.5, 0.6) is 0 Å². The maximum atomic E-state index is 5.05. The number of H-pyrrole nitrogens is 1. The first-order valence-corrected chi connectivity index (χ1v) is 5.53. The van der Waals surface area contributed by atoms with Gasteiger partial charge in [0.25, 0.3) is 0 Å². The van der Waals surface area contributed by atoms with E-state index in [1.807, 2.05) is 21.0 Å². The summed E-state index contributed by atoms with van der Waals surface area (Å²) in [5.41, 5.74) is 1.85. The fourth-order valence-corrected chi connectivity index (χ4v) is 1.93. The summed E-state index contributed by atoms with van der Waals surface area (Å²) in [6.45, 7) is 1.99. The monoisotopic (exact) mass is 287 g/mol. The molecule has 0 radical (unpaired) electrons. The second kappa shape index (κ2) is 3.57. The Balaban J connectivity index is 2.69. The Labute approximate surface area is 100 Å². The lowest BCUT2D eigenvalue weighted by Crippen LogP contribution is -1.95. The van der Waals surface area contributed by atoms with Crippen molar-refractivity contribution in [3.63, 3.8) is 0 Å². The van der Waals surface area contributed by atoms with Crippen molar-refractivity contribution in [2.75, 3.05) is 0 Å². The SMILES string of the molecule is Cc1c(Br)c(-c2n[nH]c(=S)n2C)nn1C. The molecule has 0 aliphatic heterocycles. The first-order chi connectivity index (χ1) is 7.02. The van der Waals surface area contributed by atoms with Gasteiger partial charge in [-0.15, -0.1) is 0 Å². The molecular weight excluding hydrogens is 278 g/mol. The van der Waals surface area contributed by atoms with E-state index in [1.54, 1.807) is 9.25 Å². The summed E-state index contributed by atoms with van der Waals surface area (Å²) in [6, 6.07) is 0. The highest BCUT2D eigenvalue weighted by atomic mass is 79.9. The van der Waals surface area contributed by atoms with Crippen LogP contribution in [-0.4, -0.2) is 24.5 Å². The molecule has 0 aliphatic rings. The Bertz CT molecular complexity index is 564. The van der Waals surface area contributed by atoms with Crippen molar-refractivity contribution < 1.29 is 0 Å². The van der Waals surface area contributed by atoms with Gasteiger partial charge in [-0.3, -0.25) is 9.78 Å². The zero-order valence-corrected chi connectivity index (χ0v) is 11.0. The number of aryl methyl sites for hydroxylation is 1. The molecule has 0 amide bonds. The van der Waals surface area contributed by atoms with Crippen LogP contribution in [0.2, 0.25) is 0 Å². The number of halogens is 1. The topological polar surface area (TPSA) is 51.4 Å². The minimum Gasteiger partial charge on any atom is -0.302 e. The van der Waals surface area contributed by atoms with E-state index in [-0.39, 0.29) is 0 Å². The molecule has 2 heterocycles. The minimum atomic E-state index is 0.584. The third kappa shape index (κ3) is 1.55. The molecule has 0 bridgehead atoms. The molecule has 5 nitrogen and oxygen atoms in total. The van der Waals surface area contributed by atoms with Gasteiger partial charge in [0.05, 0.1) is 4.47 Å². The van der Waals surface area contributed by atoms with Gasteiger partial charge in [-0.1, -0.05) is 0 Å². The van der Waals surface area contributed by atoms with Crippen LogP contribution in [0.25, 0.3) is 11.5 Å². The number of aromatic nitrogens is 5. The molecule has 0 aromatic carbocycles. The van der Waals surface area contributed by atoms with Gasteiger partial charge in [-0.05, 0) is 35.1 Å². The lowest BCUT2D eigenvalue weighted by molar-refractivity contribution is 0.738. The van der Waals surface area contributed by atoms with Crippen molar-refractivity contribution in [3.05, 3.63) is 14.9 Å². The molecule has 0 saturated heterocycles. The van der Waals surface area contributed by atoms with Crippen molar-refractivity contribution in [1.82, 2.24) is 24.5 Å². The predicted molar refractivity (Wildman–Crippen MR) is 63.0 cm³/mol. The normalized spacial score (nSPS) is 10.9. The van der Waals surface area contributed by atoms with Crippen molar-refractivity contribution in [1.29, 1.82) is 0 Å². The third-order valence-electron chi connectivity index (χ3n) is 2.35. The first-order valence-electron chi connectivity index (χ1n) is 4.33. The highest BCUT2D eigenvalue weighted by Gasteiger charge is 2.16. The van der Waals surface area contributed by atoms with Crippen LogP contribution in [0.4, 0.5) is 0 Å². The van der Waals surface area contributed by atoms with E-state index in [0.717, 1.165) is 21.7 Å². The van der Waals surface area contributed by atoms with E-state index >= 15 is 0 Å². The number of aromatic amines is 1. The Hall–Kier alpha value is -0.950. The summed E-state index contributed by atoms with van der Waals surface area (Å²) in [5.74, 6) is 0.732. The van der Waals surface area contributed by atoms with E-state index in [9.17, 15) is 0 Å². The number of hydrogen-bond acceptors (Lipinski definition) is 3. The summed E-state index contributed by atoms with van der Waals surface area (Å²) in [6.07, 6.45) is 0. The molecule has 15 heavy (non-hydrogen) atoms. The second-order valence-corrected chi connectivity index (χ2v) is 4.46. The molecule has 0 saturated carbocycles. The Kier molecular flexibility index (Phi) is 2.51. The van der Waals surface area contributed by atoms with Gasteiger partial charge in [-0.25, -0.2) is 0 Å². The number of nitrogens with zero attached hydrogens (tertiary/aromatic N) is 4. The van der Waals surface area contributed by atoms with E-state index in [4.69, 9.17) is 12.2 Å². The highest BCUT2D eigenvalue weighted by Crippen LogP contribution is 2.27. The van der Waals surface area contributed by atoms with Crippen LogP contribution in [-0.2, 0) is 14.1 Å². The van der Waals surface area contributed by atoms with Crippen molar-refractivity contribution >= 4 is 28.1 Å². The van der Waals surface area contributed by atoms with Gasteiger partial charge in [0.2, 0.25) is 0 Å². The second-order valence-electron chi connectivity index (χ2n) is 3.28. The molecule has 0 spiro atoms. The molecule has 0 atom stereocenters. The Morgan fingerprint density at radius 2 is 2.07 bits per heavy atom. The molecule has 2 rings (SSSR count). The maximum Gasteiger partial charge on any atom is 0.195 e. The molecule has 1 N–H and O–H groups in total. The van der Waals surface area contributed by atoms with Gasteiger partial charge in [0.15, 0.2) is 10.6 Å². The van der Waals surface area contributed by atoms with Gasteiger partial charge in [0, 0.05) is 19.8 Å². The Morgan fingerprint density at radius 3 is 2.47 bits per heavy atom. The zero-order chi connectivity index (χ0) is 11.2. The zero-order valence-electron chi connectivity index (χ0n) is 8.58. The number of hydrogen-bond donors (Lipinski definition) is 1. The van der Waals surface area contributed by atoms with Crippen LogP contribution in [0.3, 0.4) is 0 Å². The van der Waals surface area contributed by atoms with Gasteiger partial charge in [-0.2, -0.15) is 10.2 Å². The summed E-state index contributed by atoms with van der Waals surface area (Å²) < 4.78 is 5.13. The van der Waals surface area contributed by atoms with Crippen LogP contribution < -0.4 is 0 Å². The molecule has 0 unspecified atom stereocenters. The Morgan fingerprint density at radius 1 is 1.40 bits per heavy atom. The third-order valence-corrected chi connectivity index (χ3v) is 3.67. The van der Waals surface area contributed by atoms with E-state index in [1.165, 1.54) is 0 Å². The summed E-state index contributed by atoms with van der Waals surface area (Å²) in [4.78, 5) is 0. The first kappa shape index (κ1) is 10.6. The van der Waals surface area contributed by atoms with Crippen molar-refractivity contribution in [3.8, 4) is 11.5 Å². The van der Waals surface area contributed by atoms with E-state index in [2.05, 4.69) is 31.2 Å². The molecule has 2 aromatic rings. The van der Waals surface area contributed by atoms with Crippen LogP contribution >= 0.6 is 28.1 Å². The van der Waals surface area contributed by atoms with Gasteiger partial charge >= 0.3 is 0 Å². The average Bonchev–Trinajstić information content (AvgIpc) is 2.64. The van der Waals surface area contributed by atoms with Crippen molar-refractivity contribution in [2.24, 2.45) is 14.1 Å². The fraction of sp³-hybridized carbons (Fsp3) is 0.375. The number of rotatable bonds is 1. The lowest BCUT2D eigenvalue weighted by atomic mass is 10.3. The number of nitrogens with one attached hydrogen (secondary N) is 1. The minimum absolute atomic E-state index is 0.584. The van der Waals surface area contributed by atoms with E-state index < -0.39 is 0 Å². The van der Waals surface area contributed by atoms with Crippen LogP contribution in [0.15, 0.2) is 4.47 Å². The molecule has 0 aliphatic carbocycles. The summed E-state index contributed by atoms with van der Waals surface area (Å²) in [7, 11) is 3.75. The smallest absolute Gasteiger partial charge is 0.195 e. The largest absolute Gasteiger partial charge is 0.302 e. The summed E-state index contributed by atoms with van der Waals surface area (Å²) in [5, 5.41) is 11.3. The van der Waals surface area contributed by atoms with Crippen molar-refractivity contribution in [2.45, 2.75) is 6.92 Å². The average molecular weight is 288 g/mol. The van der Waals surface area contributed by atoms with Gasteiger partial charge < -0.3 is 4.57 Å². The molecular formula is C8H10BrN5S. The van der Waals surface area contributed by atoms with Crippen LogP contribution in [0.1, 0.15) is 5.69 Å².